The highest BCUT2D eigenvalue weighted by atomic mass is 127. The maximum atomic E-state index is 12.6. The average molecular weight is 534 g/mol. The number of thiophene rings is 1. The molecule has 0 spiro atoms. The Morgan fingerprint density at radius 3 is 2.50 bits per heavy atom. The molecule has 0 bridgehead atoms. The van der Waals surface area contributed by atoms with E-state index in [4.69, 9.17) is 5.73 Å². The summed E-state index contributed by atoms with van der Waals surface area (Å²) in [4.78, 5) is 5.97. The zero-order valence-corrected chi connectivity index (χ0v) is 19.7. The molecule has 1 aliphatic heterocycles. The van der Waals surface area contributed by atoms with Gasteiger partial charge in [0.1, 0.15) is 0 Å². The van der Waals surface area contributed by atoms with E-state index < -0.39 is 10.0 Å². The SMILES string of the molecule is I.NC(=NCc1ccc(S(=O)(=O)N2CCCCC2)cc1)NCCc1cccs1. The Labute approximate surface area is 188 Å². The molecule has 0 radical (unpaired) electrons. The number of benzene rings is 1. The Morgan fingerprint density at radius 2 is 1.86 bits per heavy atom. The van der Waals surface area contributed by atoms with Crippen LogP contribution in [0.1, 0.15) is 29.7 Å². The maximum Gasteiger partial charge on any atom is 0.243 e. The van der Waals surface area contributed by atoms with Gasteiger partial charge in [0.15, 0.2) is 5.96 Å². The van der Waals surface area contributed by atoms with Gasteiger partial charge < -0.3 is 11.1 Å². The van der Waals surface area contributed by atoms with Crippen molar-refractivity contribution in [2.45, 2.75) is 37.1 Å². The van der Waals surface area contributed by atoms with Crippen molar-refractivity contribution in [3.63, 3.8) is 0 Å². The highest BCUT2D eigenvalue weighted by Crippen LogP contribution is 2.21. The normalized spacial score (nSPS) is 15.8. The molecule has 2 aromatic rings. The fraction of sp³-hybridized carbons (Fsp3) is 0.421. The summed E-state index contributed by atoms with van der Waals surface area (Å²) in [5, 5.41) is 5.16. The van der Waals surface area contributed by atoms with Crippen molar-refractivity contribution in [3.8, 4) is 0 Å². The lowest BCUT2D eigenvalue weighted by molar-refractivity contribution is 0.346. The Balaban J connectivity index is 0.00000280. The van der Waals surface area contributed by atoms with Gasteiger partial charge in [-0.15, -0.1) is 35.3 Å². The molecule has 1 fully saturated rings. The second-order valence-electron chi connectivity index (χ2n) is 6.57. The minimum atomic E-state index is -3.38. The van der Waals surface area contributed by atoms with Crippen LogP contribution in [-0.2, 0) is 23.0 Å². The molecule has 3 N–H and O–H groups in total. The van der Waals surface area contributed by atoms with Gasteiger partial charge in [0, 0.05) is 24.5 Å². The van der Waals surface area contributed by atoms with Gasteiger partial charge in [-0.1, -0.05) is 24.6 Å². The molecular weight excluding hydrogens is 507 g/mol. The summed E-state index contributed by atoms with van der Waals surface area (Å²) in [7, 11) is -3.38. The molecule has 0 unspecified atom stereocenters. The van der Waals surface area contributed by atoms with Crippen LogP contribution < -0.4 is 11.1 Å². The third kappa shape index (κ3) is 6.43. The van der Waals surface area contributed by atoms with Crippen molar-refractivity contribution in [2.24, 2.45) is 10.7 Å². The molecule has 154 valence electrons. The lowest BCUT2D eigenvalue weighted by Crippen LogP contribution is -2.35. The number of sulfonamides is 1. The van der Waals surface area contributed by atoms with Crippen molar-refractivity contribution < 1.29 is 8.42 Å². The summed E-state index contributed by atoms with van der Waals surface area (Å²) in [5.74, 6) is 0.400. The van der Waals surface area contributed by atoms with E-state index in [1.165, 1.54) is 4.88 Å². The minimum Gasteiger partial charge on any atom is -0.370 e. The maximum absolute atomic E-state index is 12.6. The number of hydrogen-bond donors (Lipinski definition) is 2. The fourth-order valence-corrected chi connectivity index (χ4v) is 5.25. The molecule has 1 aromatic heterocycles. The summed E-state index contributed by atoms with van der Waals surface area (Å²) >= 11 is 1.73. The van der Waals surface area contributed by atoms with E-state index in [0.29, 0.717) is 30.5 Å². The first-order valence-corrected chi connectivity index (χ1v) is 11.5. The molecule has 0 atom stereocenters. The molecule has 0 saturated carbocycles. The molecule has 3 rings (SSSR count). The third-order valence-electron chi connectivity index (χ3n) is 4.57. The van der Waals surface area contributed by atoms with Crippen LogP contribution in [0.15, 0.2) is 51.7 Å². The van der Waals surface area contributed by atoms with Crippen LogP contribution in [0.25, 0.3) is 0 Å². The molecule has 6 nitrogen and oxygen atoms in total. The molecule has 0 amide bonds. The van der Waals surface area contributed by atoms with E-state index in [0.717, 1.165) is 37.8 Å². The zero-order chi connectivity index (χ0) is 19.1. The number of nitrogens with one attached hydrogen (secondary N) is 1. The highest BCUT2D eigenvalue weighted by molar-refractivity contribution is 14.0. The van der Waals surface area contributed by atoms with Crippen LogP contribution in [0.4, 0.5) is 0 Å². The first-order valence-electron chi connectivity index (χ1n) is 9.21. The monoisotopic (exact) mass is 534 g/mol. The Kier molecular flexibility index (Phi) is 9.19. The molecule has 28 heavy (non-hydrogen) atoms. The number of piperidine rings is 1. The standard InChI is InChI=1S/C19H26N4O2S2.HI/c20-19(21-11-10-17-5-4-14-26-17)22-15-16-6-8-18(9-7-16)27(24,25)23-12-2-1-3-13-23;/h4-9,14H,1-3,10-13,15H2,(H3,20,21,22);1H. The molecule has 1 saturated heterocycles. The number of hydrogen-bond acceptors (Lipinski definition) is 4. The minimum absolute atomic E-state index is 0. The Hall–Kier alpha value is -1.17. The topological polar surface area (TPSA) is 87.8 Å². The number of guanidine groups is 1. The van der Waals surface area contributed by atoms with Gasteiger partial charge in [0.25, 0.3) is 0 Å². The lowest BCUT2D eigenvalue weighted by atomic mass is 10.2. The number of nitrogens with two attached hydrogens (primary N) is 1. The van der Waals surface area contributed by atoms with Crippen molar-refractivity contribution in [1.82, 2.24) is 9.62 Å². The van der Waals surface area contributed by atoms with Crippen molar-refractivity contribution in [1.29, 1.82) is 0 Å². The van der Waals surface area contributed by atoms with E-state index in [1.54, 1.807) is 39.9 Å². The predicted octanol–water partition coefficient (Wildman–Crippen LogP) is 3.19. The quantitative estimate of drug-likeness (QED) is 0.325. The molecule has 1 aliphatic rings. The first-order chi connectivity index (χ1) is 13.1. The molecular formula is C19H27IN4O2S2. The Morgan fingerprint density at radius 1 is 1.14 bits per heavy atom. The number of halogens is 1. The van der Waals surface area contributed by atoms with Gasteiger partial charge in [0.05, 0.1) is 11.4 Å². The van der Waals surface area contributed by atoms with Gasteiger partial charge in [-0.3, -0.25) is 0 Å². The largest absolute Gasteiger partial charge is 0.370 e. The molecule has 2 heterocycles. The van der Waals surface area contributed by atoms with Crippen LogP contribution >= 0.6 is 35.3 Å². The second-order valence-corrected chi connectivity index (χ2v) is 9.54. The fourth-order valence-electron chi connectivity index (χ4n) is 3.02. The number of aliphatic imine (C=N–C) groups is 1. The van der Waals surface area contributed by atoms with Gasteiger partial charge in [-0.05, 0) is 48.4 Å². The summed E-state index contributed by atoms with van der Waals surface area (Å²) in [6.07, 6.45) is 3.89. The molecule has 9 heteroatoms. The Bertz CT molecular complexity index is 847. The van der Waals surface area contributed by atoms with Crippen molar-refractivity contribution in [3.05, 3.63) is 52.2 Å². The van der Waals surface area contributed by atoms with Crippen LogP contribution in [0, 0.1) is 0 Å². The number of rotatable bonds is 7. The molecule has 0 aliphatic carbocycles. The van der Waals surface area contributed by atoms with Crippen LogP contribution in [0.3, 0.4) is 0 Å². The highest BCUT2D eigenvalue weighted by Gasteiger charge is 2.25. The van der Waals surface area contributed by atoms with Crippen molar-refractivity contribution in [2.75, 3.05) is 19.6 Å². The van der Waals surface area contributed by atoms with Crippen LogP contribution in [0.2, 0.25) is 0 Å². The van der Waals surface area contributed by atoms with E-state index in [1.807, 2.05) is 6.07 Å². The average Bonchev–Trinajstić information content (AvgIpc) is 3.21. The van der Waals surface area contributed by atoms with E-state index in [-0.39, 0.29) is 24.0 Å². The van der Waals surface area contributed by atoms with Crippen LogP contribution in [0.5, 0.6) is 0 Å². The summed E-state index contributed by atoms with van der Waals surface area (Å²) in [6.45, 7) is 2.38. The van der Waals surface area contributed by atoms with E-state index >= 15 is 0 Å². The third-order valence-corrected chi connectivity index (χ3v) is 7.41. The smallest absolute Gasteiger partial charge is 0.243 e. The van der Waals surface area contributed by atoms with Gasteiger partial charge in [-0.25, -0.2) is 13.4 Å². The lowest BCUT2D eigenvalue weighted by Gasteiger charge is -2.25. The predicted molar refractivity (Wildman–Crippen MR) is 126 cm³/mol. The second kappa shape index (κ2) is 11.1. The molecule has 1 aromatic carbocycles. The van der Waals surface area contributed by atoms with Gasteiger partial charge in [-0.2, -0.15) is 4.31 Å². The van der Waals surface area contributed by atoms with Crippen LogP contribution in [-0.4, -0.2) is 38.3 Å². The van der Waals surface area contributed by atoms with E-state index in [9.17, 15) is 8.42 Å². The summed E-state index contributed by atoms with van der Waals surface area (Å²) in [6, 6.07) is 11.1. The van der Waals surface area contributed by atoms with Gasteiger partial charge >= 0.3 is 0 Å². The number of nitrogens with zero attached hydrogens (tertiary/aromatic N) is 2. The van der Waals surface area contributed by atoms with E-state index in [2.05, 4.69) is 21.8 Å². The first kappa shape index (κ1) is 23.1. The summed E-state index contributed by atoms with van der Waals surface area (Å²) in [5.41, 5.74) is 6.82. The van der Waals surface area contributed by atoms with Crippen molar-refractivity contribution >= 4 is 51.3 Å². The zero-order valence-electron chi connectivity index (χ0n) is 15.7. The summed E-state index contributed by atoms with van der Waals surface area (Å²) < 4.78 is 26.9. The van der Waals surface area contributed by atoms with Gasteiger partial charge in [0.2, 0.25) is 10.0 Å².